The lowest BCUT2D eigenvalue weighted by atomic mass is 9.89. The lowest BCUT2D eigenvalue weighted by Crippen LogP contribution is -2.24. The number of carboxylic acid groups (broad SMARTS) is 1. The summed E-state index contributed by atoms with van der Waals surface area (Å²) in [7, 11) is 0. The average molecular weight is 530 g/mol. The third-order valence-corrected chi connectivity index (χ3v) is 6.91. The summed E-state index contributed by atoms with van der Waals surface area (Å²) < 4.78 is 2.10. The molecule has 2 aromatic heterocycles. The molecule has 2 N–H and O–H groups in total. The van der Waals surface area contributed by atoms with E-state index in [9.17, 15) is 20.0 Å². The maximum Gasteiger partial charge on any atom is 0.336 e. The predicted molar refractivity (Wildman–Crippen MR) is 152 cm³/mol. The van der Waals surface area contributed by atoms with Crippen molar-refractivity contribution in [3.05, 3.63) is 118 Å². The van der Waals surface area contributed by atoms with Crippen molar-refractivity contribution < 1.29 is 14.7 Å². The van der Waals surface area contributed by atoms with Crippen LogP contribution in [0.1, 0.15) is 55.7 Å². The Kier molecular flexibility index (Phi) is 7.38. The van der Waals surface area contributed by atoms with Gasteiger partial charge in [0.15, 0.2) is 0 Å². The Bertz CT molecular complexity index is 1780. The Balaban J connectivity index is 1.59. The van der Waals surface area contributed by atoms with Gasteiger partial charge in [-0.3, -0.25) is 4.79 Å². The van der Waals surface area contributed by atoms with Crippen LogP contribution in [0.2, 0.25) is 0 Å². The summed E-state index contributed by atoms with van der Waals surface area (Å²) in [5.74, 6) is -0.852. The smallest absolute Gasteiger partial charge is 0.336 e. The summed E-state index contributed by atoms with van der Waals surface area (Å²) in [6.45, 7) is 4.81. The molecule has 0 aliphatic carbocycles. The molecule has 0 saturated carbocycles. The number of nitrogens with zero attached hydrogens (tertiary/aromatic N) is 4. The van der Waals surface area contributed by atoms with E-state index in [4.69, 9.17) is 0 Å². The van der Waals surface area contributed by atoms with Gasteiger partial charge in [0, 0.05) is 48.0 Å². The number of amides is 1. The van der Waals surface area contributed by atoms with Gasteiger partial charge in [-0.2, -0.15) is 5.26 Å². The molecule has 0 unspecified atom stereocenters. The van der Waals surface area contributed by atoms with Gasteiger partial charge in [-0.15, -0.1) is 0 Å². The third kappa shape index (κ3) is 5.31. The number of nitriles is 1. The van der Waals surface area contributed by atoms with Crippen molar-refractivity contribution in [2.24, 2.45) is 0 Å². The van der Waals surface area contributed by atoms with Crippen molar-refractivity contribution in [3.8, 4) is 17.2 Å². The van der Waals surface area contributed by atoms with Gasteiger partial charge in [0.1, 0.15) is 5.82 Å². The molecule has 0 aliphatic heterocycles. The molecule has 198 valence electrons. The molecule has 0 bridgehead atoms. The molecule has 8 heteroatoms. The van der Waals surface area contributed by atoms with E-state index in [1.807, 2.05) is 38.1 Å². The van der Waals surface area contributed by atoms with Gasteiger partial charge in [0.25, 0.3) is 5.91 Å². The highest BCUT2D eigenvalue weighted by Gasteiger charge is 2.19. The van der Waals surface area contributed by atoms with Gasteiger partial charge in [-0.05, 0) is 72.5 Å². The van der Waals surface area contributed by atoms with E-state index in [0.29, 0.717) is 34.5 Å². The number of carboxylic acids is 1. The molecule has 1 amide bonds. The van der Waals surface area contributed by atoms with Crippen LogP contribution in [0.15, 0.2) is 79.3 Å². The summed E-state index contributed by atoms with van der Waals surface area (Å²) >= 11 is 0. The number of hydrogen-bond acceptors (Lipinski definition) is 5. The van der Waals surface area contributed by atoms with Crippen molar-refractivity contribution in [2.45, 2.75) is 33.4 Å². The van der Waals surface area contributed by atoms with Crippen LogP contribution in [0.25, 0.3) is 22.0 Å². The monoisotopic (exact) mass is 529 g/mol. The number of aromatic carboxylic acids is 1. The maximum absolute atomic E-state index is 13.1. The summed E-state index contributed by atoms with van der Waals surface area (Å²) in [4.78, 5) is 33.6. The van der Waals surface area contributed by atoms with Crippen LogP contribution >= 0.6 is 0 Å². The van der Waals surface area contributed by atoms with Crippen LogP contribution < -0.4 is 5.32 Å². The molecule has 40 heavy (non-hydrogen) atoms. The summed E-state index contributed by atoms with van der Waals surface area (Å²) in [5, 5.41) is 23.3. The average Bonchev–Trinajstić information content (AvgIpc) is 3.33. The topological polar surface area (TPSA) is 121 Å². The van der Waals surface area contributed by atoms with E-state index in [1.165, 1.54) is 0 Å². The van der Waals surface area contributed by atoms with Crippen LogP contribution in [0.5, 0.6) is 0 Å². The first-order valence-electron chi connectivity index (χ1n) is 12.9. The van der Waals surface area contributed by atoms with Crippen LogP contribution in [-0.4, -0.2) is 31.5 Å². The van der Waals surface area contributed by atoms with Crippen molar-refractivity contribution in [1.82, 2.24) is 19.9 Å². The Hall–Kier alpha value is -5.29. The van der Waals surface area contributed by atoms with Crippen molar-refractivity contribution in [2.75, 3.05) is 0 Å². The first-order chi connectivity index (χ1) is 19.4. The lowest BCUT2D eigenvalue weighted by Gasteiger charge is -2.15. The SMILES string of the molecule is CCn1cc(Cc2ccc(C(=O)NCc3ncccn3)cc2-c2ccc(C)cc2C(=O)O)c2ccc(C#N)cc21. The van der Waals surface area contributed by atoms with Crippen LogP contribution in [0.3, 0.4) is 0 Å². The minimum Gasteiger partial charge on any atom is -0.478 e. The molecular weight excluding hydrogens is 502 g/mol. The molecular formula is C32H27N5O3. The second-order valence-corrected chi connectivity index (χ2v) is 9.53. The number of benzene rings is 3. The Labute approximate surface area is 231 Å². The van der Waals surface area contributed by atoms with Crippen LogP contribution in [-0.2, 0) is 19.5 Å². The Morgan fingerprint density at radius 3 is 2.52 bits per heavy atom. The fraction of sp³-hybridized carbons (Fsp3) is 0.156. The molecule has 0 radical (unpaired) electrons. The standard InChI is InChI=1S/C32H27N5O3/c1-3-37-19-24(25-10-6-21(17-33)14-29(25)37)15-22-7-8-23(31(38)36-18-30-34-11-4-12-35-30)16-27(22)26-9-5-20(2)13-28(26)32(39)40/h4-14,16,19H,3,15,18H2,1-2H3,(H,36,38)(H,39,40). The van der Waals surface area contributed by atoms with Crippen molar-refractivity contribution >= 4 is 22.8 Å². The first kappa shape index (κ1) is 26.3. The molecule has 0 atom stereocenters. The quantitative estimate of drug-likeness (QED) is 0.273. The largest absolute Gasteiger partial charge is 0.478 e. The second kappa shape index (κ2) is 11.2. The van der Waals surface area contributed by atoms with Crippen LogP contribution in [0, 0.1) is 18.3 Å². The van der Waals surface area contributed by atoms with E-state index in [-0.39, 0.29) is 18.0 Å². The van der Waals surface area contributed by atoms with Gasteiger partial charge in [0.05, 0.1) is 23.7 Å². The summed E-state index contributed by atoms with van der Waals surface area (Å²) in [6, 6.07) is 20.3. The summed E-state index contributed by atoms with van der Waals surface area (Å²) in [6.07, 6.45) is 5.81. The van der Waals surface area contributed by atoms with E-state index in [0.717, 1.165) is 34.1 Å². The van der Waals surface area contributed by atoms with E-state index >= 15 is 0 Å². The fourth-order valence-corrected chi connectivity index (χ4v) is 4.92. The Morgan fingerprint density at radius 2 is 1.80 bits per heavy atom. The number of carbonyl (C=O) groups excluding carboxylic acids is 1. The molecule has 0 fully saturated rings. The number of rotatable bonds is 8. The molecule has 5 aromatic rings. The first-order valence-corrected chi connectivity index (χ1v) is 12.9. The van der Waals surface area contributed by atoms with Crippen molar-refractivity contribution in [1.29, 1.82) is 5.26 Å². The van der Waals surface area contributed by atoms with Crippen LogP contribution in [0.4, 0.5) is 0 Å². The number of aryl methyl sites for hydroxylation is 2. The molecule has 8 nitrogen and oxygen atoms in total. The number of hydrogen-bond donors (Lipinski definition) is 2. The molecule has 0 saturated heterocycles. The minimum absolute atomic E-state index is 0.170. The zero-order valence-electron chi connectivity index (χ0n) is 22.2. The zero-order valence-corrected chi connectivity index (χ0v) is 22.2. The molecule has 3 aromatic carbocycles. The highest BCUT2D eigenvalue weighted by Crippen LogP contribution is 2.33. The van der Waals surface area contributed by atoms with E-state index < -0.39 is 5.97 Å². The normalized spacial score (nSPS) is 10.8. The highest BCUT2D eigenvalue weighted by molar-refractivity contribution is 6.00. The van der Waals surface area contributed by atoms with Gasteiger partial charge in [0.2, 0.25) is 0 Å². The molecule has 0 aliphatic rings. The number of fused-ring (bicyclic) bond motifs is 1. The van der Waals surface area contributed by atoms with Gasteiger partial charge in [-0.1, -0.05) is 29.8 Å². The molecule has 2 heterocycles. The summed E-state index contributed by atoms with van der Waals surface area (Å²) in [5.41, 5.74) is 6.12. The van der Waals surface area contributed by atoms with Crippen molar-refractivity contribution in [3.63, 3.8) is 0 Å². The van der Waals surface area contributed by atoms with Gasteiger partial charge in [-0.25, -0.2) is 14.8 Å². The highest BCUT2D eigenvalue weighted by atomic mass is 16.4. The molecule has 0 spiro atoms. The van der Waals surface area contributed by atoms with E-state index in [2.05, 4.69) is 32.1 Å². The number of aromatic nitrogens is 3. The van der Waals surface area contributed by atoms with Gasteiger partial charge < -0.3 is 15.0 Å². The van der Waals surface area contributed by atoms with Gasteiger partial charge >= 0.3 is 5.97 Å². The maximum atomic E-state index is 13.1. The predicted octanol–water partition coefficient (Wildman–Crippen LogP) is 5.52. The zero-order chi connectivity index (χ0) is 28.2. The third-order valence-electron chi connectivity index (χ3n) is 6.91. The number of nitrogens with one attached hydrogen (secondary N) is 1. The lowest BCUT2D eigenvalue weighted by molar-refractivity contribution is 0.0697. The fourth-order valence-electron chi connectivity index (χ4n) is 4.92. The Morgan fingerprint density at radius 1 is 1.00 bits per heavy atom. The number of carbonyl (C=O) groups is 2. The van der Waals surface area contributed by atoms with E-state index in [1.54, 1.807) is 48.8 Å². The second-order valence-electron chi connectivity index (χ2n) is 9.53. The molecule has 5 rings (SSSR count). The minimum atomic E-state index is -1.03.